The van der Waals surface area contributed by atoms with Crippen molar-refractivity contribution < 1.29 is 0 Å². The summed E-state index contributed by atoms with van der Waals surface area (Å²) in [5.74, 6) is 1.65. The Morgan fingerprint density at radius 2 is 2.03 bits per heavy atom. The maximum Gasteiger partial charge on any atom is 0.191 e. The Morgan fingerprint density at radius 1 is 1.20 bits per heavy atom. The smallest absolute Gasteiger partial charge is 0.191 e. The third kappa shape index (κ3) is 5.10. The summed E-state index contributed by atoms with van der Waals surface area (Å²) in [6, 6.07) is 12.6. The highest BCUT2D eigenvalue weighted by atomic mass is 35.5. The Hall–Kier alpha value is -3.06. The predicted octanol–water partition coefficient (Wildman–Crippen LogP) is 2.92. The third-order valence-electron chi connectivity index (χ3n) is 5.20. The molecule has 1 saturated heterocycles. The predicted molar refractivity (Wildman–Crippen MR) is 121 cm³/mol. The van der Waals surface area contributed by atoms with Crippen molar-refractivity contribution in [1.82, 2.24) is 25.2 Å². The van der Waals surface area contributed by atoms with Gasteiger partial charge in [0.15, 0.2) is 5.96 Å². The molecule has 0 amide bonds. The van der Waals surface area contributed by atoms with Gasteiger partial charge < -0.3 is 20.1 Å². The number of nitrogens with zero attached hydrogens (tertiary/aromatic N) is 5. The average molecular weight is 424 g/mol. The Bertz CT molecular complexity index is 969. The van der Waals surface area contributed by atoms with Crippen molar-refractivity contribution in [2.24, 2.45) is 4.99 Å². The highest BCUT2D eigenvalue weighted by molar-refractivity contribution is 6.32. The first kappa shape index (κ1) is 20.2. The van der Waals surface area contributed by atoms with E-state index in [2.05, 4.69) is 59.3 Å². The molecule has 1 aromatic carbocycles. The van der Waals surface area contributed by atoms with Gasteiger partial charge in [0.2, 0.25) is 0 Å². The van der Waals surface area contributed by atoms with Gasteiger partial charge in [0, 0.05) is 57.9 Å². The molecule has 30 heavy (non-hydrogen) atoms. The van der Waals surface area contributed by atoms with Crippen LogP contribution in [0.15, 0.2) is 66.3 Å². The zero-order chi connectivity index (χ0) is 20.8. The summed E-state index contributed by atoms with van der Waals surface area (Å²) >= 11 is 6.29. The first-order valence-electron chi connectivity index (χ1n) is 10.1. The van der Waals surface area contributed by atoms with Crippen LogP contribution in [0.2, 0.25) is 5.02 Å². The number of benzene rings is 1. The van der Waals surface area contributed by atoms with Gasteiger partial charge in [-0.15, -0.1) is 0 Å². The second kappa shape index (κ2) is 9.63. The van der Waals surface area contributed by atoms with Crippen molar-refractivity contribution in [3.63, 3.8) is 0 Å². The van der Waals surface area contributed by atoms with Crippen LogP contribution >= 0.6 is 11.6 Å². The Labute approximate surface area is 181 Å². The first-order valence-corrected chi connectivity index (χ1v) is 10.5. The molecule has 8 heteroatoms. The van der Waals surface area contributed by atoms with Gasteiger partial charge in [0.05, 0.1) is 11.3 Å². The Kier molecular flexibility index (Phi) is 6.49. The molecule has 1 atom stereocenters. The molecular formula is C22H26ClN7. The van der Waals surface area contributed by atoms with E-state index in [1.807, 2.05) is 24.7 Å². The summed E-state index contributed by atoms with van der Waals surface area (Å²) in [4.78, 5) is 15.1. The third-order valence-corrected chi connectivity index (χ3v) is 5.49. The van der Waals surface area contributed by atoms with E-state index >= 15 is 0 Å². The minimum atomic E-state index is 0.298. The molecule has 0 aliphatic carbocycles. The Morgan fingerprint density at radius 3 is 2.77 bits per heavy atom. The lowest BCUT2D eigenvalue weighted by Crippen LogP contribution is -2.44. The molecule has 0 radical (unpaired) electrons. The number of hydrogen-bond acceptors (Lipinski definition) is 4. The minimum absolute atomic E-state index is 0.298. The number of halogens is 1. The van der Waals surface area contributed by atoms with Crippen LogP contribution in [0.1, 0.15) is 17.5 Å². The first-order chi connectivity index (χ1) is 14.7. The van der Waals surface area contributed by atoms with Crippen molar-refractivity contribution in [3.8, 4) is 0 Å². The molecule has 3 aromatic rings. The highest BCUT2D eigenvalue weighted by Crippen LogP contribution is 2.25. The van der Waals surface area contributed by atoms with Gasteiger partial charge in [-0.25, -0.2) is 9.97 Å². The van der Waals surface area contributed by atoms with Crippen molar-refractivity contribution in [1.29, 1.82) is 0 Å². The van der Waals surface area contributed by atoms with Gasteiger partial charge >= 0.3 is 0 Å². The highest BCUT2D eigenvalue weighted by Gasteiger charge is 2.25. The fraction of sp³-hybridized carbons (Fsp3) is 0.318. The van der Waals surface area contributed by atoms with Crippen molar-refractivity contribution in [3.05, 3.63) is 77.5 Å². The molecule has 0 saturated carbocycles. The zero-order valence-electron chi connectivity index (χ0n) is 17.0. The summed E-state index contributed by atoms with van der Waals surface area (Å²) in [6.45, 7) is 3.31. The molecule has 156 valence electrons. The standard InChI is InChI=1S/C22H26ClN7/c1-24-22(28-19-8-11-30(15-19)21-20(23)3-2-9-26-21)27-13-17-4-6-18(7-5-17)14-29-12-10-25-16-29/h2-7,9-10,12,16,19H,8,11,13-15H2,1H3,(H2,24,27,28). The molecule has 1 aliphatic heterocycles. The van der Waals surface area contributed by atoms with E-state index in [1.165, 1.54) is 11.1 Å². The van der Waals surface area contributed by atoms with E-state index in [4.69, 9.17) is 11.6 Å². The fourth-order valence-corrected chi connectivity index (χ4v) is 3.85. The minimum Gasteiger partial charge on any atom is -0.353 e. The van der Waals surface area contributed by atoms with Gasteiger partial charge in [-0.3, -0.25) is 4.99 Å². The van der Waals surface area contributed by atoms with E-state index in [9.17, 15) is 0 Å². The lowest BCUT2D eigenvalue weighted by molar-refractivity contribution is 0.648. The number of nitrogens with one attached hydrogen (secondary N) is 2. The van der Waals surface area contributed by atoms with Crippen molar-refractivity contribution >= 4 is 23.4 Å². The monoisotopic (exact) mass is 423 g/mol. The number of hydrogen-bond donors (Lipinski definition) is 2. The van der Waals surface area contributed by atoms with Crippen LogP contribution in [0, 0.1) is 0 Å². The normalized spacial score (nSPS) is 16.7. The summed E-state index contributed by atoms with van der Waals surface area (Å²) in [5.41, 5.74) is 2.46. The fourth-order valence-electron chi connectivity index (χ4n) is 3.61. The van der Waals surface area contributed by atoms with E-state index in [0.29, 0.717) is 17.6 Å². The van der Waals surface area contributed by atoms with Crippen LogP contribution in [0.4, 0.5) is 5.82 Å². The van der Waals surface area contributed by atoms with Gasteiger partial charge in [-0.05, 0) is 29.7 Å². The van der Waals surface area contributed by atoms with E-state index < -0.39 is 0 Å². The number of rotatable bonds is 6. The molecule has 1 fully saturated rings. The van der Waals surface area contributed by atoms with Crippen LogP contribution in [-0.4, -0.2) is 46.7 Å². The van der Waals surface area contributed by atoms with Gasteiger partial charge in [0.25, 0.3) is 0 Å². The number of guanidine groups is 1. The van der Waals surface area contributed by atoms with Crippen LogP contribution in [0.3, 0.4) is 0 Å². The van der Waals surface area contributed by atoms with Crippen molar-refractivity contribution in [2.45, 2.75) is 25.6 Å². The van der Waals surface area contributed by atoms with Gasteiger partial charge in [-0.2, -0.15) is 0 Å². The zero-order valence-corrected chi connectivity index (χ0v) is 17.8. The molecule has 7 nitrogen and oxygen atoms in total. The lowest BCUT2D eigenvalue weighted by atomic mass is 10.1. The lowest BCUT2D eigenvalue weighted by Gasteiger charge is -2.20. The van der Waals surface area contributed by atoms with Crippen molar-refractivity contribution in [2.75, 3.05) is 25.0 Å². The van der Waals surface area contributed by atoms with E-state index in [0.717, 1.165) is 37.8 Å². The number of imidazole rings is 1. The average Bonchev–Trinajstić information content (AvgIpc) is 3.45. The number of pyridine rings is 1. The molecule has 4 rings (SSSR count). The van der Waals surface area contributed by atoms with Crippen LogP contribution in [0.5, 0.6) is 0 Å². The maximum absolute atomic E-state index is 6.29. The van der Waals surface area contributed by atoms with Crippen LogP contribution in [-0.2, 0) is 13.1 Å². The summed E-state index contributed by atoms with van der Waals surface area (Å²) in [7, 11) is 1.80. The van der Waals surface area contributed by atoms with Crippen LogP contribution < -0.4 is 15.5 Å². The van der Waals surface area contributed by atoms with E-state index in [-0.39, 0.29) is 0 Å². The number of aliphatic imine (C=N–C) groups is 1. The molecule has 2 N–H and O–H groups in total. The summed E-state index contributed by atoms with van der Waals surface area (Å²) in [6.07, 6.45) is 8.39. The number of anilines is 1. The maximum atomic E-state index is 6.29. The Balaban J connectivity index is 1.27. The SMILES string of the molecule is CN=C(NCc1ccc(Cn2ccnc2)cc1)NC1CCN(c2ncccc2Cl)C1. The molecular weight excluding hydrogens is 398 g/mol. The van der Waals surface area contributed by atoms with Gasteiger partial charge in [0.1, 0.15) is 5.82 Å². The molecule has 0 spiro atoms. The van der Waals surface area contributed by atoms with E-state index in [1.54, 1.807) is 19.4 Å². The second-order valence-electron chi connectivity index (χ2n) is 7.36. The summed E-state index contributed by atoms with van der Waals surface area (Å²) < 4.78 is 2.06. The topological polar surface area (TPSA) is 70.4 Å². The molecule has 1 aliphatic rings. The molecule has 2 aromatic heterocycles. The molecule has 0 bridgehead atoms. The molecule has 1 unspecified atom stereocenters. The van der Waals surface area contributed by atoms with Crippen LogP contribution in [0.25, 0.3) is 0 Å². The van der Waals surface area contributed by atoms with Gasteiger partial charge in [-0.1, -0.05) is 35.9 Å². The molecule has 3 heterocycles. The second-order valence-corrected chi connectivity index (χ2v) is 7.77. The summed E-state index contributed by atoms with van der Waals surface area (Å²) in [5, 5.41) is 7.61. The number of aromatic nitrogens is 3. The quantitative estimate of drug-likeness (QED) is 0.471. The largest absolute Gasteiger partial charge is 0.353 e.